The molecule has 1 aromatic rings. The van der Waals surface area contributed by atoms with Crippen LogP contribution < -0.4 is 5.73 Å². The van der Waals surface area contributed by atoms with Crippen LogP contribution in [0, 0.1) is 11.7 Å². The van der Waals surface area contributed by atoms with Gasteiger partial charge in [-0.1, -0.05) is 31.4 Å². The fourth-order valence-electron chi connectivity index (χ4n) is 2.97. The van der Waals surface area contributed by atoms with Crippen LogP contribution in [0.3, 0.4) is 0 Å². The van der Waals surface area contributed by atoms with Crippen LogP contribution >= 0.6 is 0 Å². The van der Waals surface area contributed by atoms with Crippen molar-refractivity contribution in [1.29, 1.82) is 0 Å². The Kier molecular flexibility index (Phi) is 4.72. The first kappa shape index (κ1) is 13.5. The highest BCUT2D eigenvalue weighted by Crippen LogP contribution is 2.33. The van der Waals surface area contributed by atoms with E-state index in [4.69, 9.17) is 10.5 Å². The van der Waals surface area contributed by atoms with E-state index in [0.717, 1.165) is 5.56 Å². The van der Waals surface area contributed by atoms with Crippen LogP contribution in [0.2, 0.25) is 0 Å². The lowest BCUT2D eigenvalue weighted by molar-refractivity contribution is 0.0173. The topological polar surface area (TPSA) is 35.2 Å². The van der Waals surface area contributed by atoms with Gasteiger partial charge in [-0.15, -0.1) is 0 Å². The molecule has 1 fully saturated rings. The Morgan fingerprint density at radius 1 is 1.17 bits per heavy atom. The number of ether oxygens (including phenoxy) is 1. The van der Waals surface area contributed by atoms with E-state index in [1.807, 2.05) is 0 Å². The molecule has 1 aliphatic carbocycles. The van der Waals surface area contributed by atoms with E-state index in [2.05, 4.69) is 0 Å². The van der Waals surface area contributed by atoms with Gasteiger partial charge in [0.15, 0.2) is 0 Å². The summed E-state index contributed by atoms with van der Waals surface area (Å²) in [6.45, 7) is 0. The SMILES string of the molecule is COC(C1CCCCC1)C(N)c1ccc(F)cc1. The molecule has 3 heteroatoms. The summed E-state index contributed by atoms with van der Waals surface area (Å²) in [5.74, 6) is 0.307. The van der Waals surface area contributed by atoms with E-state index in [9.17, 15) is 4.39 Å². The average Bonchev–Trinajstić information content (AvgIpc) is 2.41. The number of methoxy groups -OCH3 is 1. The Labute approximate surface area is 108 Å². The van der Waals surface area contributed by atoms with Crippen LogP contribution in [0.15, 0.2) is 24.3 Å². The zero-order valence-corrected chi connectivity index (χ0v) is 10.9. The smallest absolute Gasteiger partial charge is 0.123 e. The standard InChI is InChI=1S/C15H22FNO/c1-18-15(12-5-3-2-4-6-12)14(17)11-7-9-13(16)10-8-11/h7-10,12,14-15H,2-6,17H2,1H3. The summed E-state index contributed by atoms with van der Waals surface area (Å²) in [6, 6.07) is 6.27. The Morgan fingerprint density at radius 2 is 1.78 bits per heavy atom. The minimum absolute atomic E-state index is 0.0377. The van der Waals surface area contributed by atoms with E-state index in [1.165, 1.54) is 44.2 Å². The monoisotopic (exact) mass is 251 g/mol. The molecule has 1 aromatic carbocycles. The second-order valence-corrected chi connectivity index (χ2v) is 5.18. The van der Waals surface area contributed by atoms with Crippen molar-refractivity contribution in [2.75, 3.05) is 7.11 Å². The molecule has 2 atom stereocenters. The summed E-state index contributed by atoms with van der Waals surface area (Å²) in [7, 11) is 1.72. The molecule has 2 nitrogen and oxygen atoms in total. The van der Waals surface area contributed by atoms with Crippen LogP contribution in [0.1, 0.15) is 43.7 Å². The second-order valence-electron chi connectivity index (χ2n) is 5.18. The van der Waals surface area contributed by atoms with Gasteiger partial charge in [0, 0.05) is 7.11 Å². The number of benzene rings is 1. The Bertz CT molecular complexity index is 359. The first-order chi connectivity index (χ1) is 8.72. The molecule has 0 saturated heterocycles. The van der Waals surface area contributed by atoms with E-state index in [0.29, 0.717) is 5.92 Å². The van der Waals surface area contributed by atoms with Crippen LogP contribution in [0.25, 0.3) is 0 Å². The number of hydrogen-bond donors (Lipinski definition) is 1. The molecular weight excluding hydrogens is 229 g/mol. The summed E-state index contributed by atoms with van der Waals surface area (Å²) in [5.41, 5.74) is 7.24. The lowest BCUT2D eigenvalue weighted by Gasteiger charge is -2.33. The van der Waals surface area contributed by atoms with Gasteiger partial charge in [-0.25, -0.2) is 4.39 Å². The molecular formula is C15H22FNO. The Morgan fingerprint density at radius 3 is 2.33 bits per heavy atom. The van der Waals surface area contributed by atoms with Crippen molar-refractivity contribution >= 4 is 0 Å². The fraction of sp³-hybridized carbons (Fsp3) is 0.600. The van der Waals surface area contributed by atoms with Crippen molar-refractivity contribution < 1.29 is 9.13 Å². The van der Waals surface area contributed by atoms with Crippen molar-refractivity contribution in [3.63, 3.8) is 0 Å². The molecule has 2 rings (SSSR count). The van der Waals surface area contributed by atoms with Gasteiger partial charge in [-0.3, -0.25) is 0 Å². The zero-order chi connectivity index (χ0) is 13.0. The lowest BCUT2D eigenvalue weighted by Crippen LogP contribution is -2.35. The number of hydrogen-bond acceptors (Lipinski definition) is 2. The number of halogens is 1. The van der Waals surface area contributed by atoms with Crippen molar-refractivity contribution in [2.45, 2.75) is 44.2 Å². The third-order valence-electron chi connectivity index (χ3n) is 4.00. The number of rotatable bonds is 4. The molecule has 1 aliphatic rings. The normalized spacial score (nSPS) is 20.6. The summed E-state index contributed by atoms with van der Waals surface area (Å²) in [5, 5.41) is 0. The van der Waals surface area contributed by atoms with Gasteiger partial charge in [-0.2, -0.15) is 0 Å². The third kappa shape index (κ3) is 3.09. The van der Waals surface area contributed by atoms with Crippen molar-refractivity contribution in [2.24, 2.45) is 11.7 Å². The molecule has 2 N–H and O–H groups in total. The third-order valence-corrected chi connectivity index (χ3v) is 4.00. The molecule has 1 saturated carbocycles. The van der Waals surface area contributed by atoms with Crippen LogP contribution in [0.5, 0.6) is 0 Å². The van der Waals surface area contributed by atoms with Gasteiger partial charge in [0.1, 0.15) is 5.82 Å². The molecule has 0 amide bonds. The average molecular weight is 251 g/mol. The van der Waals surface area contributed by atoms with Crippen molar-refractivity contribution in [3.05, 3.63) is 35.6 Å². The van der Waals surface area contributed by atoms with Crippen LogP contribution in [0.4, 0.5) is 4.39 Å². The predicted octanol–water partition coefficient (Wildman–Crippen LogP) is 3.42. The molecule has 2 unspecified atom stereocenters. The van der Waals surface area contributed by atoms with Crippen molar-refractivity contribution in [1.82, 2.24) is 0 Å². The van der Waals surface area contributed by atoms with E-state index in [-0.39, 0.29) is 18.0 Å². The first-order valence-electron chi connectivity index (χ1n) is 6.76. The molecule has 0 heterocycles. The summed E-state index contributed by atoms with van der Waals surface area (Å²) in [4.78, 5) is 0. The fourth-order valence-corrected chi connectivity index (χ4v) is 2.97. The Hall–Kier alpha value is -0.930. The largest absolute Gasteiger partial charge is 0.379 e. The highest BCUT2D eigenvalue weighted by atomic mass is 19.1. The maximum Gasteiger partial charge on any atom is 0.123 e. The van der Waals surface area contributed by atoms with Crippen LogP contribution in [-0.2, 0) is 4.74 Å². The maximum absolute atomic E-state index is 12.9. The van der Waals surface area contributed by atoms with E-state index in [1.54, 1.807) is 19.2 Å². The molecule has 18 heavy (non-hydrogen) atoms. The first-order valence-corrected chi connectivity index (χ1v) is 6.76. The minimum atomic E-state index is -0.224. The van der Waals surface area contributed by atoms with Gasteiger partial charge in [-0.05, 0) is 36.5 Å². The van der Waals surface area contributed by atoms with Crippen molar-refractivity contribution in [3.8, 4) is 0 Å². The minimum Gasteiger partial charge on any atom is -0.379 e. The summed E-state index contributed by atoms with van der Waals surface area (Å²) in [6.07, 6.45) is 6.26. The molecule has 0 bridgehead atoms. The Balaban J connectivity index is 2.08. The molecule has 0 aromatic heterocycles. The van der Waals surface area contributed by atoms with E-state index < -0.39 is 0 Å². The van der Waals surface area contributed by atoms with Gasteiger partial charge in [0.05, 0.1) is 12.1 Å². The highest BCUT2D eigenvalue weighted by molar-refractivity contribution is 5.21. The van der Waals surface area contributed by atoms with Gasteiger partial charge >= 0.3 is 0 Å². The maximum atomic E-state index is 12.9. The molecule has 0 aliphatic heterocycles. The lowest BCUT2D eigenvalue weighted by atomic mass is 9.81. The highest BCUT2D eigenvalue weighted by Gasteiger charge is 2.29. The molecule has 0 spiro atoms. The van der Waals surface area contributed by atoms with Gasteiger partial charge in [0.25, 0.3) is 0 Å². The van der Waals surface area contributed by atoms with Crippen LogP contribution in [-0.4, -0.2) is 13.2 Å². The summed E-state index contributed by atoms with van der Waals surface area (Å²) < 4.78 is 18.5. The molecule has 100 valence electrons. The number of nitrogens with two attached hydrogens (primary N) is 1. The quantitative estimate of drug-likeness (QED) is 0.890. The molecule has 0 radical (unpaired) electrons. The zero-order valence-electron chi connectivity index (χ0n) is 10.9. The second kappa shape index (κ2) is 6.30. The predicted molar refractivity (Wildman–Crippen MR) is 70.7 cm³/mol. The van der Waals surface area contributed by atoms with E-state index >= 15 is 0 Å². The van der Waals surface area contributed by atoms with Gasteiger partial charge < -0.3 is 10.5 Å². The van der Waals surface area contributed by atoms with Gasteiger partial charge in [0.2, 0.25) is 0 Å². The summed E-state index contributed by atoms with van der Waals surface area (Å²) >= 11 is 0.